The van der Waals surface area contributed by atoms with Gasteiger partial charge in [0.25, 0.3) is 0 Å². The molecule has 0 aliphatic carbocycles. The van der Waals surface area contributed by atoms with Crippen molar-refractivity contribution in [2.45, 2.75) is 64.0 Å². The van der Waals surface area contributed by atoms with Crippen LogP contribution in [-0.2, 0) is 13.5 Å². The number of nitrogens with zero attached hydrogens (tertiary/aromatic N) is 3. The molecule has 1 unspecified atom stereocenters. The zero-order valence-corrected chi connectivity index (χ0v) is 14.2. The molecule has 0 spiro atoms. The summed E-state index contributed by atoms with van der Waals surface area (Å²) in [6, 6.07) is 0.530. The van der Waals surface area contributed by atoms with E-state index >= 15 is 0 Å². The second-order valence-electron chi connectivity index (χ2n) is 6.34. The van der Waals surface area contributed by atoms with Crippen LogP contribution in [0.3, 0.4) is 0 Å². The van der Waals surface area contributed by atoms with Crippen LogP contribution in [0.4, 0.5) is 0 Å². The minimum atomic E-state index is 0.302. The van der Waals surface area contributed by atoms with Crippen molar-refractivity contribution in [1.29, 1.82) is 0 Å². The van der Waals surface area contributed by atoms with Crippen LogP contribution in [-0.4, -0.2) is 46.2 Å². The normalized spacial score (nSPS) is 18.3. The molecule has 1 aliphatic rings. The van der Waals surface area contributed by atoms with Gasteiger partial charge >= 0.3 is 0 Å². The van der Waals surface area contributed by atoms with Gasteiger partial charge in [-0.2, -0.15) is 0 Å². The first kappa shape index (κ1) is 16.5. The third-order valence-electron chi connectivity index (χ3n) is 5.54. The molecule has 1 aromatic heterocycles. The van der Waals surface area contributed by atoms with Gasteiger partial charge < -0.3 is 9.88 Å². The van der Waals surface area contributed by atoms with Gasteiger partial charge in [0.15, 0.2) is 0 Å². The lowest BCUT2D eigenvalue weighted by molar-refractivity contribution is 0.0615. The van der Waals surface area contributed by atoms with Crippen molar-refractivity contribution in [2.24, 2.45) is 7.05 Å². The van der Waals surface area contributed by atoms with E-state index in [1.54, 1.807) is 0 Å². The van der Waals surface area contributed by atoms with Crippen LogP contribution in [0.25, 0.3) is 0 Å². The molecule has 1 atom stereocenters. The highest BCUT2D eigenvalue weighted by Gasteiger charge is 2.41. The lowest BCUT2D eigenvalue weighted by Gasteiger charge is -2.47. The van der Waals surface area contributed by atoms with Gasteiger partial charge in [0.05, 0.1) is 0 Å². The fraction of sp³-hybridized carbons (Fsp3) is 0.824. The first-order valence-electron chi connectivity index (χ1n) is 8.56. The number of rotatable bonds is 8. The van der Waals surface area contributed by atoms with Crippen molar-refractivity contribution in [1.82, 2.24) is 19.8 Å². The number of aromatic nitrogens is 2. The van der Waals surface area contributed by atoms with Gasteiger partial charge in [0.1, 0.15) is 5.82 Å². The highest BCUT2D eigenvalue weighted by atomic mass is 15.2. The molecule has 1 aliphatic heterocycles. The maximum Gasteiger partial charge on any atom is 0.108 e. The Labute approximate surface area is 129 Å². The largest absolute Gasteiger partial charge is 0.338 e. The summed E-state index contributed by atoms with van der Waals surface area (Å²) < 4.78 is 2.14. The van der Waals surface area contributed by atoms with Crippen LogP contribution < -0.4 is 5.32 Å². The Bertz CT molecular complexity index is 416. The number of likely N-dealkylation sites (tertiary alicyclic amines) is 1. The van der Waals surface area contributed by atoms with E-state index in [9.17, 15) is 0 Å². The maximum atomic E-state index is 4.47. The summed E-state index contributed by atoms with van der Waals surface area (Å²) in [5, 5.41) is 3.62. The number of likely N-dealkylation sites (N-methyl/N-ethyl adjacent to an activating group) is 1. The Kier molecular flexibility index (Phi) is 5.82. The van der Waals surface area contributed by atoms with Crippen LogP contribution in [0.1, 0.15) is 51.8 Å². The van der Waals surface area contributed by atoms with Crippen LogP contribution in [0.2, 0.25) is 0 Å². The van der Waals surface area contributed by atoms with Crippen molar-refractivity contribution in [2.75, 3.05) is 20.1 Å². The predicted octanol–water partition coefficient (Wildman–Crippen LogP) is 2.60. The van der Waals surface area contributed by atoms with E-state index in [-0.39, 0.29) is 0 Å². The van der Waals surface area contributed by atoms with Crippen LogP contribution in [0.5, 0.6) is 0 Å². The van der Waals surface area contributed by atoms with Crippen LogP contribution >= 0.6 is 0 Å². The molecule has 1 saturated heterocycles. The average Bonchev–Trinajstić information content (AvgIpc) is 3.16. The first-order chi connectivity index (χ1) is 10.2. The molecule has 0 bridgehead atoms. The van der Waals surface area contributed by atoms with Crippen molar-refractivity contribution in [3.63, 3.8) is 0 Å². The molecule has 4 heteroatoms. The Morgan fingerprint density at radius 2 is 1.95 bits per heavy atom. The zero-order valence-electron chi connectivity index (χ0n) is 14.2. The molecule has 2 rings (SSSR count). The zero-order chi connectivity index (χ0) is 15.3. The van der Waals surface area contributed by atoms with E-state index in [4.69, 9.17) is 0 Å². The monoisotopic (exact) mass is 292 g/mol. The molecule has 120 valence electrons. The Morgan fingerprint density at radius 3 is 2.43 bits per heavy atom. The maximum absolute atomic E-state index is 4.47. The van der Waals surface area contributed by atoms with Crippen molar-refractivity contribution in [3.05, 3.63) is 18.2 Å². The van der Waals surface area contributed by atoms with Gasteiger partial charge in [-0.25, -0.2) is 4.98 Å². The van der Waals surface area contributed by atoms with Gasteiger partial charge in [-0.05, 0) is 52.2 Å². The molecule has 1 aromatic rings. The minimum Gasteiger partial charge on any atom is -0.338 e. The molecular weight excluding hydrogens is 260 g/mol. The topological polar surface area (TPSA) is 33.1 Å². The van der Waals surface area contributed by atoms with Gasteiger partial charge in [-0.1, -0.05) is 13.8 Å². The van der Waals surface area contributed by atoms with Crippen molar-refractivity contribution >= 4 is 0 Å². The van der Waals surface area contributed by atoms with E-state index in [0.29, 0.717) is 11.6 Å². The molecule has 1 fully saturated rings. The molecule has 1 N–H and O–H groups in total. The second kappa shape index (κ2) is 7.41. The van der Waals surface area contributed by atoms with Gasteiger partial charge in [-0.3, -0.25) is 4.90 Å². The quantitative estimate of drug-likeness (QED) is 0.799. The smallest absolute Gasteiger partial charge is 0.108 e. The van der Waals surface area contributed by atoms with Gasteiger partial charge in [0, 0.05) is 37.4 Å². The van der Waals surface area contributed by atoms with E-state index in [1.165, 1.54) is 44.6 Å². The molecule has 21 heavy (non-hydrogen) atoms. The highest BCUT2D eigenvalue weighted by Crippen LogP contribution is 2.33. The molecule has 0 radical (unpaired) electrons. The van der Waals surface area contributed by atoms with Crippen LogP contribution in [0.15, 0.2) is 12.4 Å². The Morgan fingerprint density at radius 1 is 1.29 bits per heavy atom. The standard InChI is InChI=1S/C17H32N4/c1-5-17(6-2,21-12-7-8-13-21)15(18-3)9-10-16-19-11-14-20(16)4/h11,14-15,18H,5-10,12-13H2,1-4H3. The predicted molar refractivity (Wildman–Crippen MR) is 88.5 cm³/mol. The minimum absolute atomic E-state index is 0.302. The molecular formula is C17H32N4. The SMILES string of the molecule is CCC(CC)(C(CCc1nccn1C)NC)N1CCCC1. The lowest BCUT2D eigenvalue weighted by Crippen LogP contribution is -2.59. The summed E-state index contributed by atoms with van der Waals surface area (Å²) in [7, 11) is 4.21. The Hall–Kier alpha value is -0.870. The summed E-state index contributed by atoms with van der Waals surface area (Å²) >= 11 is 0. The highest BCUT2D eigenvalue weighted by molar-refractivity contribution is 5.02. The number of imidazole rings is 1. The summed E-state index contributed by atoms with van der Waals surface area (Å²) in [6.07, 6.45) is 11.3. The van der Waals surface area contributed by atoms with Crippen LogP contribution in [0, 0.1) is 0 Å². The third-order valence-corrected chi connectivity index (χ3v) is 5.54. The molecule has 2 heterocycles. The summed E-state index contributed by atoms with van der Waals surface area (Å²) in [4.78, 5) is 7.22. The van der Waals surface area contributed by atoms with E-state index in [1.807, 2.05) is 12.4 Å². The molecule has 0 amide bonds. The van der Waals surface area contributed by atoms with E-state index < -0.39 is 0 Å². The fourth-order valence-electron chi connectivity index (χ4n) is 4.17. The number of aryl methyl sites for hydroxylation is 2. The molecule has 0 aromatic carbocycles. The first-order valence-corrected chi connectivity index (χ1v) is 8.56. The number of hydrogen-bond acceptors (Lipinski definition) is 3. The van der Waals surface area contributed by atoms with Crippen molar-refractivity contribution in [3.8, 4) is 0 Å². The molecule has 0 saturated carbocycles. The average molecular weight is 292 g/mol. The van der Waals surface area contributed by atoms with E-state index in [2.05, 4.69) is 47.7 Å². The second-order valence-corrected chi connectivity index (χ2v) is 6.34. The molecule has 4 nitrogen and oxygen atoms in total. The third kappa shape index (κ3) is 3.32. The summed E-state index contributed by atoms with van der Waals surface area (Å²) in [6.45, 7) is 7.24. The fourth-order valence-corrected chi connectivity index (χ4v) is 4.17. The Balaban J connectivity index is 2.09. The lowest BCUT2D eigenvalue weighted by atomic mass is 9.80. The summed E-state index contributed by atoms with van der Waals surface area (Å²) in [5.74, 6) is 1.19. The number of hydrogen-bond donors (Lipinski definition) is 1. The number of nitrogens with one attached hydrogen (secondary N) is 1. The van der Waals surface area contributed by atoms with Crippen molar-refractivity contribution < 1.29 is 0 Å². The van der Waals surface area contributed by atoms with Gasteiger partial charge in [-0.15, -0.1) is 0 Å². The summed E-state index contributed by atoms with van der Waals surface area (Å²) in [5.41, 5.74) is 0.302. The van der Waals surface area contributed by atoms with Gasteiger partial charge in [0.2, 0.25) is 0 Å². The van der Waals surface area contributed by atoms with E-state index in [0.717, 1.165) is 12.8 Å².